The predicted octanol–water partition coefficient (Wildman–Crippen LogP) is 2.73. The number of rotatable bonds is 7. The van der Waals surface area contributed by atoms with E-state index in [-0.39, 0.29) is 6.54 Å². The van der Waals surface area contributed by atoms with Crippen molar-refractivity contribution in [3.05, 3.63) is 41.6 Å². The summed E-state index contributed by atoms with van der Waals surface area (Å²) in [5, 5.41) is 10.7. The van der Waals surface area contributed by atoms with Gasteiger partial charge in [-0.05, 0) is 26.0 Å². The molecule has 2 amide bonds. The van der Waals surface area contributed by atoms with Gasteiger partial charge in [-0.1, -0.05) is 6.07 Å². The lowest BCUT2D eigenvalue weighted by Crippen LogP contribution is -2.33. The van der Waals surface area contributed by atoms with Crippen LogP contribution in [0.15, 0.2) is 24.3 Å². The lowest BCUT2D eigenvalue weighted by Gasteiger charge is -2.11. The predicted molar refractivity (Wildman–Crippen MR) is 92.8 cm³/mol. The van der Waals surface area contributed by atoms with E-state index in [0.717, 1.165) is 17.8 Å². The van der Waals surface area contributed by atoms with E-state index in [2.05, 4.69) is 31.2 Å². The number of hydrogen-bond donors (Lipinski definition) is 4. The Labute approximate surface area is 144 Å². The van der Waals surface area contributed by atoms with E-state index in [9.17, 15) is 13.6 Å². The second kappa shape index (κ2) is 8.76. The van der Waals surface area contributed by atoms with E-state index in [1.54, 1.807) is 6.07 Å². The van der Waals surface area contributed by atoms with Crippen LogP contribution in [0.4, 0.5) is 31.0 Å². The molecule has 25 heavy (non-hydrogen) atoms. The molecule has 0 saturated carbocycles. The van der Waals surface area contributed by atoms with Crippen LogP contribution in [0.5, 0.6) is 0 Å². The smallest absolute Gasteiger partial charge is 0.319 e. The van der Waals surface area contributed by atoms with Gasteiger partial charge in [0.25, 0.3) is 0 Å². The summed E-state index contributed by atoms with van der Waals surface area (Å²) in [6.07, 6.45) is 0. The Morgan fingerprint density at radius 2 is 1.84 bits per heavy atom. The van der Waals surface area contributed by atoms with Gasteiger partial charge in [-0.3, -0.25) is 0 Å². The molecule has 4 N–H and O–H groups in total. The topological polar surface area (TPSA) is 91.0 Å². The minimum atomic E-state index is -0.833. The van der Waals surface area contributed by atoms with Crippen molar-refractivity contribution in [1.82, 2.24) is 15.3 Å². The van der Waals surface area contributed by atoms with Crippen LogP contribution in [0.3, 0.4) is 0 Å². The van der Waals surface area contributed by atoms with Crippen molar-refractivity contribution in [2.45, 2.75) is 13.8 Å². The highest BCUT2D eigenvalue weighted by atomic mass is 19.1. The Hall–Kier alpha value is -2.97. The van der Waals surface area contributed by atoms with E-state index >= 15 is 0 Å². The number of amides is 2. The number of carbonyl (C=O) groups excluding carboxylic acids is 1. The number of carbonyl (C=O) groups is 1. The molecule has 134 valence electrons. The van der Waals surface area contributed by atoms with Crippen LogP contribution in [0.25, 0.3) is 0 Å². The molecule has 1 aromatic carbocycles. The second-order valence-electron chi connectivity index (χ2n) is 5.15. The second-order valence-corrected chi connectivity index (χ2v) is 5.15. The van der Waals surface area contributed by atoms with Gasteiger partial charge in [-0.25, -0.2) is 18.6 Å². The molecule has 0 spiro atoms. The highest BCUT2D eigenvalue weighted by molar-refractivity contribution is 5.89. The zero-order valence-corrected chi connectivity index (χ0v) is 14.0. The van der Waals surface area contributed by atoms with Crippen molar-refractivity contribution in [3.8, 4) is 0 Å². The summed E-state index contributed by atoms with van der Waals surface area (Å²) in [6.45, 7) is 5.12. The maximum atomic E-state index is 13.4. The molecule has 1 heterocycles. The van der Waals surface area contributed by atoms with Crippen LogP contribution >= 0.6 is 0 Å². The van der Waals surface area contributed by atoms with Gasteiger partial charge in [0.2, 0.25) is 5.95 Å². The monoisotopic (exact) mass is 350 g/mol. The average molecular weight is 350 g/mol. The van der Waals surface area contributed by atoms with E-state index in [4.69, 9.17) is 0 Å². The van der Waals surface area contributed by atoms with Gasteiger partial charge < -0.3 is 21.3 Å². The van der Waals surface area contributed by atoms with E-state index in [1.807, 2.05) is 13.8 Å². The first kappa shape index (κ1) is 18.4. The summed E-state index contributed by atoms with van der Waals surface area (Å²) in [5.74, 6) is -0.530. The molecular weight excluding hydrogens is 330 g/mol. The first-order valence-electron chi connectivity index (χ1n) is 7.82. The number of anilines is 3. The highest BCUT2D eigenvalue weighted by Crippen LogP contribution is 2.17. The Morgan fingerprint density at radius 3 is 2.52 bits per heavy atom. The van der Waals surface area contributed by atoms with Crippen LogP contribution in [-0.4, -0.2) is 35.6 Å². The summed E-state index contributed by atoms with van der Waals surface area (Å²) >= 11 is 0. The third-order valence-corrected chi connectivity index (χ3v) is 3.11. The van der Waals surface area contributed by atoms with Gasteiger partial charge in [0, 0.05) is 31.4 Å². The maximum Gasteiger partial charge on any atom is 0.319 e. The quantitative estimate of drug-likeness (QED) is 0.577. The lowest BCUT2D eigenvalue weighted by molar-refractivity contribution is 0.252. The summed E-state index contributed by atoms with van der Waals surface area (Å²) in [6, 6.07) is 4.44. The minimum absolute atomic E-state index is 0.238. The van der Waals surface area contributed by atoms with Crippen LogP contribution in [-0.2, 0) is 0 Å². The van der Waals surface area contributed by atoms with Crippen molar-refractivity contribution in [2.24, 2.45) is 0 Å². The molecule has 7 nitrogen and oxygen atoms in total. The van der Waals surface area contributed by atoms with Crippen LogP contribution < -0.4 is 21.3 Å². The molecule has 0 radical (unpaired) electrons. The number of para-hydroxylation sites is 1. The molecule has 2 rings (SSSR count). The molecule has 0 fully saturated rings. The van der Waals surface area contributed by atoms with Gasteiger partial charge in [0.15, 0.2) is 0 Å². The molecule has 0 saturated heterocycles. The third kappa shape index (κ3) is 5.55. The number of nitrogens with one attached hydrogen (secondary N) is 4. The summed E-state index contributed by atoms with van der Waals surface area (Å²) in [4.78, 5) is 20.2. The molecular formula is C16H20F2N6O. The molecule has 1 aromatic heterocycles. The summed E-state index contributed by atoms with van der Waals surface area (Å²) in [5.41, 5.74) is 0.323. The fourth-order valence-corrected chi connectivity index (χ4v) is 2.04. The molecule has 0 bridgehead atoms. The summed E-state index contributed by atoms with van der Waals surface area (Å²) in [7, 11) is 0. The van der Waals surface area contributed by atoms with E-state index in [1.165, 1.54) is 6.07 Å². The lowest BCUT2D eigenvalue weighted by atomic mass is 10.3. The molecule has 0 aliphatic rings. The Kier molecular flexibility index (Phi) is 6.44. The van der Waals surface area contributed by atoms with Crippen molar-refractivity contribution in [3.63, 3.8) is 0 Å². The van der Waals surface area contributed by atoms with Gasteiger partial charge in [0.1, 0.15) is 23.1 Å². The molecule has 0 atom stereocenters. The largest absolute Gasteiger partial charge is 0.368 e. The molecule has 0 aliphatic carbocycles. The number of urea groups is 1. The fraction of sp³-hybridized carbons (Fsp3) is 0.312. The Bertz CT molecular complexity index is 720. The first-order valence-corrected chi connectivity index (χ1v) is 7.82. The van der Waals surface area contributed by atoms with Crippen molar-refractivity contribution >= 4 is 23.5 Å². The zero-order chi connectivity index (χ0) is 18.2. The Morgan fingerprint density at radius 1 is 1.12 bits per heavy atom. The molecule has 0 unspecified atom stereocenters. The minimum Gasteiger partial charge on any atom is -0.368 e. The van der Waals surface area contributed by atoms with Crippen molar-refractivity contribution in [1.29, 1.82) is 0 Å². The Balaban J connectivity index is 1.80. The molecule has 2 aromatic rings. The highest BCUT2D eigenvalue weighted by Gasteiger charge is 2.11. The average Bonchev–Trinajstić information content (AvgIpc) is 2.55. The zero-order valence-electron chi connectivity index (χ0n) is 14.0. The SMILES string of the molecule is CCNc1nc(C)cc(NCCNC(=O)Nc2c(F)cccc2F)n1. The van der Waals surface area contributed by atoms with E-state index < -0.39 is 23.4 Å². The normalized spacial score (nSPS) is 10.2. The first-order chi connectivity index (χ1) is 12.0. The van der Waals surface area contributed by atoms with Gasteiger partial charge >= 0.3 is 6.03 Å². The van der Waals surface area contributed by atoms with Crippen LogP contribution in [0.2, 0.25) is 0 Å². The van der Waals surface area contributed by atoms with Crippen molar-refractivity contribution < 1.29 is 13.6 Å². The maximum absolute atomic E-state index is 13.4. The number of benzene rings is 1. The molecule has 9 heteroatoms. The summed E-state index contributed by atoms with van der Waals surface area (Å²) < 4.78 is 26.9. The number of nitrogens with zero attached hydrogens (tertiary/aromatic N) is 2. The van der Waals surface area contributed by atoms with Gasteiger partial charge in [-0.2, -0.15) is 4.98 Å². The van der Waals surface area contributed by atoms with Gasteiger partial charge in [-0.15, -0.1) is 0 Å². The fourth-order valence-electron chi connectivity index (χ4n) is 2.04. The number of hydrogen-bond acceptors (Lipinski definition) is 5. The van der Waals surface area contributed by atoms with Crippen molar-refractivity contribution in [2.75, 3.05) is 35.6 Å². The number of aromatic nitrogens is 2. The number of halogens is 2. The van der Waals surface area contributed by atoms with Crippen LogP contribution in [0.1, 0.15) is 12.6 Å². The number of aryl methyl sites for hydroxylation is 1. The van der Waals surface area contributed by atoms with Crippen LogP contribution in [0, 0.1) is 18.6 Å². The van der Waals surface area contributed by atoms with Gasteiger partial charge in [0.05, 0.1) is 0 Å². The molecule has 0 aliphatic heterocycles. The van der Waals surface area contributed by atoms with E-state index in [0.29, 0.717) is 24.9 Å². The third-order valence-electron chi connectivity index (χ3n) is 3.11. The standard InChI is InChI=1S/C16H20F2N6O/c1-3-19-15-22-10(2)9-13(23-15)20-7-8-21-16(25)24-14-11(17)5-4-6-12(14)18/h4-6,9H,3,7-8H2,1-2H3,(H2,21,24,25)(H2,19,20,22,23).